The van der Waals surface area contributed by atoms with Crippen molar-refractivity contribution < 1.29 is 0 Å². The Bertz CT molecular complexity index is 537. The Morgan fingerprint density at radius 2 is 2.00 bits per heavy atom. The molecule has 1 aromatic carbocycles. The third kappa shape index (κ3) is 2.71. The molecule has 0 aliphatic carbocycles. The molecule has 0 radical (unpaired) electrons. The van der Waals surface area contributed by atoms with E-state index in [-0.39, 0.29) is 0 Å². The van der Waals surface area contributed by atoms with Gasteiger partial charge in [0.2, 0.25) is 0 Å². The summed E-state index contributed by atoms with van der Waals surface area (Å²) >= 11 is 19.8. The average Bonchev–Trinajstić information content (AvgIpc) is 2.77. The van der Waals surface area contributed by atoms with Crippen molar-refractivity contribution in [3.8, 4) is 0 Å². The van der Waals surface area contributed by atoms with E-state index in [2.05, 4.69) is 5.32 Å². The molecule has 0 bridgehead atoms. The van der Waals surface area contributed by atoms with Crippen molar-refractivity contribution >= 4 is 57.5 Å². The van der Waals surface area contributed by atoms with Gasteiger partial charge in [-0.15, -0.1) is 22.9 Å². The molecule has 0 saturated heterocycles. The first kappa shape index (κ1) is 13.0. The summed E-state index contributed by atoms with van der Waals surface area (Å²) in [5.41, 5.74) is 3.73. The lowest BCUT2D eigenvalue weighted by molar-refractivity contribution is 1.41. The van der Waals surface area contributed by atoms with Gasteiger partial charge in [-0.25, -0.2) is 0 Å². The largest absolute Gasteiger partial charge is 0.352 e. The molecule has 0 spiro atoms. The van der Waals surface area contributed by atoms with Gasteiger partial charge in [0.1, 0.15) is 0 Å². The highest BCUT2D eigenvalue weighted by Crippen LogP contribution is 2.36. The number of anilines is 2. The molecule has 0 aliphatic heterocycles. The van der Waals surface area contributed by atoms with E-state index >= 15 is 0 Å². The summed E-state index contributed by atoms with van der Waals surface area (Å²) in [6.45, 7) is 1.94. The summed E-state index contributed by atoms with van der Waals surface area (Å²) in [7, 11) is 0. The van der Waals surface area contributed by atoms with Crippen LogP contribution < -0.4 is 5.32 Å². The van der Waals surface area contributed by atoms with Crippen molar-refractivity contribution in [2.24, 2.45) is 0 Å². The maximum absolute atomic E-state index is 6.23. The molecule has 0 atom stereocenters. The lowest BCUT2D eigenvalue weighted by Crippen LogP contribution is -1.94. The molecule has 1 aromatic heterocycles. The third-order valence-corrected chi connectivity index (χ3v) is 4.31. The fourth-order valence-corrected chi connectivity index (χ4v) is 3.01. The molecule has 90 valence electrons. The van der Waals surface area contributed by atoms with Gasteiger partial charge in [0.15, 0.2) is 0 Å². The van der Waals surface area contributed by atoms with E-state index in [1.807, 2.05) is 29.8 Å². The van der Waals surface area contributed by atoms with Gasteiger partial charge in [-0.2, -0.15) is 0 Å². The summed E-state index contributed by atoms with van der Waals surface area (Å²) in [6.07, 6.45) is 0. The number of hydrogen-bond donors (Lipinski definition) is 1. The minimum absolute atomic E-state index is 0.465. The van der Waals surface area contributed by atoms with Crippen molar-refractivity contribution in [2.45, 2.75) is 12.8 Å². The van der Waals surface area contributed by atoms with Crippen LogP contribution in [0.1, 0.15) is 11.1 Å². The van der Waals surface area contributed by atoms with Crippen molar-refractivity contribution in [1.29, 1.82) is 0 Å². The molecule has 1 nitrogen and oxygen atoms in total. The van der Waals surface area contributed by atoms with Crippen molar-refractivity contribution in [2.75, 3.05) is 5.32 Å². The van der Waals surface area contributed by atoms with Gasteiger partial charge in [0.05, 0.1) is 27.3 Å². The summed E-state index contributed by atoms with van der Waals surface area (Å²) in [6, 6.07) is 3.73. The summed E-state index contributed by atoms with van der Waals surface area (Å²) in [4.78, 5) is 0. The zero-order valence-electron chi connectivity index (χ0n) is 9.06. The predicted molar refractivity (Wildman–Crippen MR) is 78.4 cm³/mol. The van der Waals surface area contributed by atoms with Crippen LogP contribution in [-0.4, -0.2) is 0 Å². The van der Waals surface area contributed by atoms with Crippen LogP contribution >= 0.6 is 46.1 Å². The quantitative estimate of drug-likeness (QED) is 0.702. The SMILES string of the molecule is Cc1ccc(Cl)c(Nc2cscc2CCl)c1Cl. The van der Waals surface area contributed by atoms with Crippen LogP contribution in [0.5, 0.6) is 0 Å². The van der Waals surface area contributed by atoms with Crippen molar-refractivity contribution in [3.63, 3.8) is 0 Å². The molecule has 0 amide bonds. The molecule has 1 N–H and O–H groups in total. The van der Waals surface area contributed by atoms with E-state index in [4.69, 9.17) is 34.8 Å². The summed E-state index contributed by atoms with van der Waals surface area (Å²) in [5, 5.41) is 8.49. The van der Waals surface area contributed by atoms with Crippen molar-refractivity contribution in [1.82, 2.24) is 0 Å². The van der Waals surface area contributed by atoms with Gasteiger partial charge in [-0.05, 0) is 23.9 Å². The Labute approximate surface area is 119 Å². The highest BCUT2D eigenvalue weighted by Gasteiger charge is 2.11. The average molecular weight is 307 g/mol. The molecule has 1 heterocycles. The minimum Gasteiger partial charge on any atom is -0.352 e. The van der Waals surface area contributed by atoms with Gasteiger partial charge < -0.3 is 5.32 Å². The van der Waals surface area contributed by atoms with Crippen LogP contribution in [0.25, 0.3) is 0 Å². The maximum Gasteiger partial charge on any atom is 0.0765 e. The van der Waals surface area contributed by atoms with Crippen LogP contribution in [0, 0.1) is 6.92 Å². The molecule has 2 rings (SSSR count). The fourth-order valence-electron chi connectivity index (χ4n) is 1.44. The monoisotopic (exact) mass is 305 g/mol. The number of thiophene rings is 1. The summed E-state index contributed by atoms with van der Waals surface area (Å²) in [5.74, 6) is 0.465. The minimum atomic E-state index is 0.465. The molecular formula is C12H10Cl3NS. The Morgan fingerprint density at radius 1 is 1.24 bits per heavy atom. The van der Waals surface area contributed by atoms with Gasteiger partial charge >= 0.3 is 0 Å². The van der Waals surface area contributed by atoms with E-state index in [1.54, 1.807) is 11.3 Å². The predicted octanol–water partition coefficient (Wildman–Crippen LogP) is 5.85. The molecule has 0 aliphatic rings. The Hall–Kier alpha value is -0.410. The zero-order chi connectivity index (χ0) is 12.4. The number of nitrogens with one attached hydrogen (secondary N) is 1. The Balaban J connectivity index is 2.39. The second-order valence-electron chi connectivity index (χ2n) is 3.62. The highest BCUT2D eigenvalue weighted by molar-refractivity contribution is 7.08. The molecule has 5 heteroatoms. The third-order valence-electron chi connectivity index (χ3n) is 2.43. The number of rotatable bonds is 3. The first-order valence-corrected chi connectivity index (χ1v) is 7.19. The molecule has 17 heavy (non-hydrogen) atoms. The molecule has 0 fully saturated rings. The van der Waals surface area contributed by atoms with E-state index in [0.717, 1.165) is 22.5 Å². The van der Waals surface area contributed by atoms with Crippen LogP contribution in [-0.2, 0) is 5.88 Å². The number of alkyl halides is 1. The number of halogens is 3. The zero-order valence-corrected chi connectivity index (χ0v) is 12.1. The number of aryl methyl sites for hydroxylation is 1. The number of hydrogen-bond acceptors (Lipinski definition) is 2. The lowest BCUT2D eigenvalue weighted by Gasteiger charge is -2.12. The van der Waals surface area contributed by atoms with Crippen LogP contribution in [0.4, 0.5) is 11.4 Å². The van der Waals surface area contributed by atoms with E-state index in [1.165, 1.54) is 0 Å². The summed E-state index contributed by atoms with van der Waals surface area (Å²) < 4.78 is 0. The first-order valence-electron chi connectivity index (χ1n) is 4.96. The van der Waals surface area contributed by atoms with E-state index < -0.39 is 0 Å². The standard InChI is InChI=1S/C12H10Cl3NS/c1-7-2-3-9(14)12(11(7)15)16-10-6-17-5-8(10)4-13/h2-3,5-6,16H,4H2,1H3. The molecular weight excluding hydrogens is 297 g/mol. The topological polar surface area (TPSA) is 12.0 Å². The Morgan fingerprint density at radius 3 is 2.71 bits per heavy atom. The van der Waals surface area contributed by atoms with E-state index in [0.29, 0.717) is 15.9 Å². The lowest BCUT2D eigenvalue weighted by atomic mass is 10.2. The first-order chi connectivity index (χ1) is 8.13. The van der Waals surface area contributed by atoms with E-state index in [9.17, 15) is 0 Å². The van der Waals surface area contributed by atoms with Crippen LogP contribution in [0.3, 0.4) is 0 Å². The second-order valence-corrected chi connectivity index (χ2v) is 5.42. The maximum atomic E-state index is 6.23. The molecule has 0 saturated carbocycles. The fraction of sp³-hybridized carbons (Fsp3) is 0.167. The van der Waals surface area contributed by atoms with Gasteiger partial charge in [-0.3, -0.25) is 0 Å². The number of benzene rings is 1. The van der Waals surface area contributed by atoms with Crippen LogP contribution in [0.15, 0.2) is 22.9 Å². The van der Waals surface area contributed by atoms with Crippen molar-refractivity contribution in [3.05, 3.63) is 44.1 Å². The Kier molecular flexibility index (Phi) is 4.21. The molecule has 2 aromatic rings. The van der Waals surface area contributed by atoms with Gasteiger partial charge in [-0.1, -0.05) is 29.3 Å². The molecule has 0 unspecified atom stereocenters. The van der Waals surface area contributed by atoms with Gasteiger partial charge in [0.25, 0.3) is 0 Å². The smallest absolute Gasteiger partial charge is 0.0765 e. The second kappa shape index (κ2) is 5.49. The highest BCUT2D eigenvalue weighted by atomic mass is 35.5. The normalized spacial score (nSPS) is 10.6. The van der Waals surface area contributed by atoms with Gasteiger partial charge in [0, 0.05) is 10.9 Å². The van der Waals surface area contributed by atoms with Crippen LogP contribution in [0.2, 0.25) is 10.0 Å².